The van der Waals surface area contributed by atoms with Gasteiger partial charge in [-0.25, -0.2) is 0 Å². The van der Waals surface area contributed by atoms with Gasteiger partial charge in [-0.15, -0.1) is 0 Å². The fourth-order valence-corrected chi connectivity index (χ4v) is 2.40. The van der Waals surface area contributed by atoms with Crippen molar-refractivity contribution in [2.45, 2.75) is 13.8 Å². The SMILES string of the molecule is COc1ccc(C(N)=S)cc1OCCOc1cc(C)cc(C)c1. The molecule has 122 valence electrons. The largest absolute Gasteiger partial charge is 0.493 e. The number of rotatable bonds is 7. The Bertz CT molecular complexity index is 680. The van der Waals surface area contributed by atoms with Crippen molar-refractivity contribution in [2.24, 2.45) is 5.73 Å². The predicted octanol–water partition coefficient (Wildman–Crippen LogP) is 3.40. The van der Waals surface area contributed by atoms with E-state index in [1.54, 1.807) is 25.3 Å². The van der Waals surface area contributed by atoms with E-state index < -0.39 is 0 Å². The monoisotopic (exact) mass is 331 g/mol. The number of benzene rings is 2. The van der Waals surface area contributed by atoms with Crippen molar-refractivity contribution < 1.29 is 14.2 Å². The highest BCUT2D eigenvalue weighted by molar-refractivity contribution is 7.80. The first-order chi connectivity index (χ1) is 11.0. The molecule has 0 aliphatic heterocycles. The standard InChI is InChI=1S/C18H21NO3S/c1-12-8-13(2)10-15(9-12)21-6-7-22-17-11-14(18(19)23)4-5-16(17)20-3/h4-5,8-11H,6-7H2,1-3H3,(H2,19,23). The average Bonchev–Trinajstić information content (AvgIpc) is 2.50. The fraction of sp³-hybridized carbons (Fsp3) is 0.278. The van der Waals surface area contributed by atoms with Gasteiger partial charge in [-0.3, -0.25) is 0 Å². The summed E-state index contributed by atoms with van der Waals surface area (Å²) in [6, 6.07) is 11.5. The molecule has 0 saturated heterocycles. The second-order valence-electron chi connectivity index (χ2n) is 5.25. The Kier molecular flexibility index (Phi) is 5.82. The molecule has 23 heavy (non-hydrogen) atoms. The lowest BCUT2D eigenvalue weighted by atomic mass is 10.1. The minimum absolute atomic E-state index is 0.323. The van der Waals surface area contributed by atoms with Crippen LogP contribution >= 0.6 is 12.2 Å². The van der Waals surface area contributed by atoms with Crippen molar-refractivity contribution in [3.05, 3.63) is 53.1 Å². The van der Waals surface area contributed by atoms with Crippen molar-refractivity contribution in [1.82, 2.24) is 0 Å². The minimum Gasteiger partial charge on any atom is -0.493 e. The second kappa shape index (κ2) is 7.83. The number of thiocarbonyl (C=S) groups is 1. The van der Waals surface area contributed by atoms with Gasteiger partial charge in [0.1, 0.15) is 24.0 Å². The van der Waals surface area contributed by atoms with E-state index >= 15 is 0 Å². The first kappa shape index (κ1) is 17.1. The summed E-state index contributed by atoms with van der Waals surface area (Å²) in [6.45, 7) is 4.92. The topological polar surface area (TPSA) is 53.7 Å². The van der Waals surface area contributed by atoms with E-state index in [9.17, 15) is 0 Å². The van der Waals surface area contributed by atoms with Crippen LogP contribution in [0.25, 0.3) is 0 Å². The number of aryl methyl sites for hydroxylation is 2. The smallest absolute Gasteiger partial charge is 0.162 e. The fourth-order valence-electron chi connectivity index (χ4n) is 2.27. The minimum atomic E-state index is 0.323. The highest BCUT2D eigenvalue weighted by atomic mass is 32.1. The van der Waals surface area contributed by atoms with Gasteiger partial charge >= 0.3 is 0 Å². The highest BCUT2D eigenvalue weighted by Crippen LogP contribution is 2.28. The maximum atomic E-state index is 5.74. The summed E-state index contributed by atoms with van der Waals surface area (Å²) in [4.78, 5) is 0.323. The Balaban J connectivity index is 1.95. The van der Waals surface area contributed by atoms with E-state index in [2.05, 4.69) is 6.07 Å². The maximum Gasteiger partial charge on any atom is 0.162 e. The number of nitrogens with two attached hydrogens (primary N) is 1. The van der Waals surface area contributed by atoms with Crippen LogP contribution in [0.3, 0.4) is 0 Å². The van der Waals surface area contributed by atoms with Crippen LogP contribution in [0.4, 0.5) is 0 Å². The van der Waals surface area contributed by atoms with Crippen LogP contribution in [0, 0.1) is 13.8 Å². The predicted molar refractivity (Wildman–Crippen MR) is 95.8 cm³/mol. The Hall–Kier alpha value is -2.27. The van der Waals surface area contributed by atoms with Crippen LogP contribution in [-0.2, 0) is 0 Å². The van der Waals surface area contributed by atoms with Gasteiger partial charge in [-0.05, 0) is 55.3 Å². The molecule has 0 atom stereocenters. The van der Waals surface area contributed by atoms with Crippen LogP contribution in [0.15, 0.2) is 36.4 Å². The van der Waals surface area contributed by atoms with Crippen molar-refractivity contribution in [3.63, 3.8) is 0 Å². The maximum absolute atomic E-state index is 5.74. The van der Waals surface area contributed by atoms with Gasteiger partial charge in [0, 0.05) is 5.56 Å². The molecule has 0 aliphatic rings. The lowest BCUT2D eigenvalue weighted by Gasteiger charge is -2.13. The summed E-state index contributed by atoms with van der Waals surface area (Å²) in [5.41, 5.74) is 8.73. The van der Waals surface area contributed by atoms with Crippen LogP contribution in [-0.4, -0.2) is 25.3 Å². The Labute approximate surface area is 142 Å². The molecule has 0 heterocycles. The van der Waals surface area contributed by atoms with Gasteiger partial charge in [-0.1, -0.05) is 18.3 Å². The van der Waals surface area contributed by atoms with Crippen LogP contribution in [0.1, 0.15) is 16.7 Å². The molecule has 2 N–H and O–H groups in total. The molecule has 0 fully saturated rings. The summed E-state index contributed by atoms with van der Waals surface area (Å²) >= 11 is 4.98. The molecule has 2 aromatic rings. The van der Waals surface area contributed by atoms with Crippen LogP contribution in [0.2, 0.25) is 0 Å². The molecule has 0 aliphatic carbocycles. The van der Waals surface area contributed by atoms with Gasteiger partial charge in [0.25, 0.3) is 0 Å². The molecule has 5 heteroatoms. The normalized spacial score (nSPS) is 10.2. The molecule has 0 saturated carbocycles. The van der Waals surface area contributed by atoms with Crippen LogP contribution in [0.5, 0.6) is 17.2 Å². The van der Waals surface area contributed by atoms with Crippen LogP contribution < -0.4 is 19.9 Å². The molecule has 4 nitrogen and oxygen atoms in total. The number of methoxy groups -OCH3 is 1. The van der Waals surface area contributed by atoms with Gasteiger partial charge < -0.3 is 19.9 Å². The lowest BCUT2D eigenvalue weighted by Crippen LogP contribution is -2.12. The van der Waals surface area contributed by atoms with E-state index in [4.69, 9.17) is 32.2 Å². The third-order valence-corrected chi connectivity index (χ3v) is 3.49. The number of hydrogen-bond acceptors (Lipinski definition) is 4. The third kappa shape index (κ3) is 4.86. The summed E-state index contributed by atoms with van der Waals surface area (Å²) in [5.74, 6) is 2.08. The molecule has 2 aromatic carbocycles. The van der Waals surface area contributed by atoms with Gasteiger partial charge in [0.2, 0.25) is 0 Å². The van der Waals surface area contributed by atoms with E-state index in [-0.39, 0.29) is 0 Å². The molecular formula is C18H21NO3S. The first-order valence-electron chi connectivity index (χ1n) is 7.31. The molecule has 0 amide bonds. The molecule has 0 spiro atoms. The van der Waals surface area contributed by atoms with Gasteiger partial charge in [0.15, 0.2) is 11.5 Å². The average molecular weight is 331 g/mol. The summed E-state index contributed by atoms with van der Waals surface area (Å²) in [6.07, 6.45) is 0. The van der Waals surface area contributed by atoms with E-state index in [0.717, 1.165) is 11.3 Å². The van der Waals surface area contributed by atoms with E-state index in [1.807, 2.05) is 26.0 Å². The number of hydrogen-bond donors (Lipinski definition) is 1. The Morgan fingerprint density at radius 3 is 2.22 bits per heavy atom. The van der Waals surface area contributed by atoms with Gasteiger partial charge in [0.05, 0.1) is 7.11 Å². The van der Waals surface area contributed by atoms with E-state index in [1.165, 1.54) is 11.1 Å². The zero-order chi connectivity index (χ0) is 16.8. The molecule has 0 unspecified atom stereocenters. The highest BCUT2D eigenvalue weighted by Gasteiger charge is 2.07. The second-order valence-corrected chi connectivity index (χ2v) is 5.69. The molecule has 0 aromatic heterocycles. The van der Waals surface area contributed by atoms with Gasteiger partial charge in [-0.2, -0.15) is 0 Å². The first-order valence-corrected chi connectivity index (χ1v) is 7.72. The van der Waals surface area contributed by atoms with Crippen molar-refractivity contribution in [3.8, 4) is 17.2 Å². The quantitative estimate of drug-likeness (QED) is 0.622. The lowest BCUT2D eigenvalue weighted by molar-refractivity contribution is 0.211. The molecule has 0 bridgehead atoms. The molecule has 0 radical (unpaired) electrons. The Morgan fingerprint density at radius 1 is 0.957 bits per heavy atom. The Morgan fingerprint density at radius 2 is 1.61 bits per heavy atom. The van der Waals surface area contributed by atoms with Crippen molar-refractivity contribution >= 4 is 17.2 Å². The summed E-state index contributed by atoms with van der Waals surface area (Å²) in [5, 5.41) is 0. The number of ether oxygens (including phenoxy) is 3. The van der Waals surface area contributed by atoms with Crippen molar-refractivity contribution in [1.29, 1.82) is 0 Å². The zero-order valence-corrected chi connectivity index (χ0v) is 14.4. The molecule has 2 rings (SSSR count). The summed E-state index contributed by atoms with van der Waals surface area (Å²) < 4.78 is 16.7. The third-order valence-electron chi connectivity index (χ3n) is 3.25. The van der Waals surface area contributed by atoms with Crippen molar-refractivity contribution in [2.75, 3.05) is 20.3 Å². The van der Waals surface area contributed by atoms with E-state index in [0.29, 0.717) is 29.7 Å². The zero-order valence-electron chi connectivity index (χ0n) is 13.6. The summed E-state index contributed by atoms with van der Waals surface area (Å²) in [7, 11) is 1.59. The molecular weight excluding hydrogens is 310 g/mol.